The topological polar surface area (TPSA) is 64.6 Å². The molecule has 0 saturated carbocycles. The highest BCUT2D eigenvalue weighted by Gasteiger charge is 2.10. The van der Waals surface area contributed by atoms with Crippen LogP contribution in [0.5, 0.6) is 5.75 Å². The standard InChI is InChI=1S/C16H14ClNO4S/c1-21-14-6-4-11(17)9-13(14)18-15(19)10-22-16(20)7-5-12-3-2-8-23-12/h2-9H,10H2,1H3,(H,18,19)/b7-5+. The zero-order valence-electron chi connectivity index (χ0n) is 12.2. The van der Waals surface area contributed by atoms with Gasteiger partial charge in [0, 0.05) is 16.0 Å². The summed E-state index contributed by atoms with van der Waals surface area (Å²) >= 11 is 7.37. The number of rotatable bonds is 6. The molecule has 0 fully saturated rings. The SMILES string of the molecule is COc1ccc(Cl)cc1NC(=O)COC(=O)/C=C/c1cccs1. The van der Waals surface area contributed by atoms with Crippen LogP contribution in [0.3, 0.4) is 0 Å². The molecule has 1 heterocycles. The molecule has 0 atom stereocenters. The van der Waals surface area contributed by atoms with Crippen LogP contribution in [0.25, 0.3) is 6.08 Å². The normalized spacial score (nSPS) is 10.5. The molecule has 1 amide bonds. The number of hydrogen-bond acceptors (Lipinski definition) is 5. The number of methoxy groups -OCH3 is 1. The Balaban J connectivity index is 1.85. The monoisotopic (exact) mass is 351 g/mol. The first-order valence-corrected chi connectivity index (χ1v) is 7.86. The van der Waals surface area contributed by atoms with Gasteiger partial charge < -0.3 is 14.8 Å². The smallest absolute Gasteiger partial charge is 0.331 e. The van der Waals surface area contributed by atoms with Gasteiger partial charge in [-0.3, -0.25) is 4.79 Å². The number of benzene rings is 1. The summed E-state index contributed by atoms with van der Waals surface area (Å²) < 4.78 is 9.99. The largest absolute Gasteiger partial charge is 0.495 e. The van der Waals surface area contributed by atoms with Gasteiger partial charge in [-0.25, -0.2) is 4.79 Å². The van der Waals surface area contributed by atoms with E-state index in [2.05, 4.69) is 5.32 Å². The summed E-state index contributed by atoms with van der Waals surface area (Å²) in [6.07, 6.45) is 2.91. The maximum atomic E-state index is 11.8. The molecular formula is C16H14ClNO4S. The number of carbonyl (C=O) groups excluding carboxylic acids is 2. The summed E-state index contributed by atoms with van der Waals surface area (Å²) in [5, 5.41) is 4.93. The van der Waals surface area contributed by atoms with Crippen molar-refractivity contribution >= 4 is 46.6 Å². The van der Waals surface area contributed by atoms with Crippen LogP contribution in [-0.2, 0) is 14.3 Å². The van der Waals surface area contributed by atoms with E-state index in [1.807, 2.05) is 17.5 Å². The first kappa shape index (κ1) is 17.1. The van der Waals surface area contributed by atoms with Crippen LogP contribution < -0.4 is 10.1 Å². The minimum atomic E-state index is -0.591. The van der Waals surface area contributed by atoms with Gasteiger partial charge in [0.2, 0.25) is 0 Å². The minimum Gasteiger partial charge on any atom is -0.495 e. The molecule has 2 rings (SSSR count). The first-order valence-electron chi connectivity index (χ1n) is 6.60. The molecule has 1 N–H and O–H groups in total. The third kappa shape index (κ3) is 5.43. The lowest BCUT2D eigenvalue weighted by atomic mass is 10.3. The van der Waals surface area contributed by atoms with Gasteiger partial charge in [-0.2, -0.15) is 0 Å². The Hall–Kier alpha value is -2.31. The molecule has 2 aromatic rings. The van der Waals surface area contributed by atoms with Gasteiger partial charge in [-0.1, -0.05) is 17.7 Å². The second-order valence-electron chi connectivity index (χ2n) is 4.35. The number of anilines is 1. The average Bonchev–Trinajstić information content (AvgIpc) is 3.04. The van der Waals surface area contributed by atoms with Crippen molar-refractivity contribution in [2.24, 2.45) is 0 Å². The predicted octanol–water partition coefficient (Wildman–Crippen LogP) is 3.61. The van der Waals surface area contributed by atoms with Crippen LogP contribution in [0.1, 0.15) is 4.88 Å². The highest BCUT2D eigenvalue weighted by Crippen LogP contribution is 2.27. The summed E-state index contributed by atoms with van der Waals surface area (Å²) in [6.45, 7) is -0.400. The van der Waals surface area contributed by atoms with Gasteiger partial charge in [0.15, 0.2) is 6.61 Å². The number of nitrogens with one attached hydrogen (secondary N) is 1. The molecule has 0 aliphatic rings. The summed E-state index contributed by atoms with van der Waals surface area (Å²) in [6, 6.07) is 8.57. The zero-order chi connectivity index (χ0) is 16.7. The lowest BCUT2D eigenvalue weighted by Gasteiger charge is -2.10. The summed E-state index contributed by atoms with van der Waals surface area (Å²) in [5.41, 5.74) is 0.412. The summed E-state index contributed by atoms with van der Waals surface area (Å²) in [5.74, 6) is -0.610. The second-order valence-corrected chi connectivity index (χ2v) is 5.76. The fourth-order valence-corrected chi connectivity index (χ4v) is 2.48. The predicted molar refractivity (Wildman–Crippen MR) is 90.9 cm³/mol. The number of hydrogen-bond donors (Lipinski definition) is 1. The maximum Gasteiger partial charge on any atom is 0.331 e. The molecule has 1 aromatic heterocycles. The van der Waals surface area contributed by atoms with E-state index in [1.165, 1.54) is 24.5 Å². The van der Waals surface area contributed by atoms with E-state index in [0.717, 1.165) is 4.88 Å². The van der Waals surface area contributed by atoms with Crippen molar-refractivity contribution in [3.63, 3.8) is 0 Å². The Bertz CT molecular complexity index is 713. The second kappa shape index (κ2) is 8.36. The fourth-order valence-electron chi connectivity index (χ4n) is 1.69. The Morgan fingerprint density at radius 2 is 2.17 bits per heavy atom. The molecule has 0 radical (unpaired) electrons. The van der Waals surface area contributed by atoms with E-state index in [1.54, 1.807) is 24.3 Å². The van der Waals surface area contributed by atoms with Crippen LogP contribution >= 0.6 is 22.9 Å². The molecule has 0 saturated heterocycles. The molecule has 0 aliphatic carbocycles. The van der Waals surface area contributed by atoms with Crippen molar-refractivity contribution in [2.75, 3.05) is 19.0 Å². The van der Waals surface area contributed by atoms with E-state index in [4.69, 9.17) is 21.1 Å². The van der Waals surface area contributed by atoms with Crippen molar-refractivity contribution < 1.29 is 19.1 Å². The van der Waals surface area contributed by atoms with Gasteiger partial charge in [0.25, 0.3) is 5.91 Å². The molecule has 1 aromatic carbocycles. The first-order chi connectivity index (χ1) is 11.1. The van der Waals surface area contributed by atoms with Crippen LogP contribution in [0, 0.1) is 0 Å². The lowest BCUT2D eigenvalue weighted by Crippen LogP contribution is -2.20. The number of halogens is 1. The molecular weight excluding hydrogens is 338 g/mol. The van der Waals surface area contributed by atoms with Crippen molar-refractivity contribution in [3.05, 3.63) is 51.7 Å². The minimum absolute atomic E-state index is 0.400. The third-order valence-corrected chi connectivity index (χ3v) is 3.78. The summed E-state index contributed by atoms with van der Waals surface area (Å²) in [7, 11) is 1.48. The Kier molecular flexibility index (Phi) is 6.19. The van der Waals surface area contributed by atoms with Gasteiger partial charge in [-0.05, 0) is 35.7 Å². The van der Waals surface area contributed by atoms with Crippen molar-refractivity contribution in [1.29, 1.82) is 0 Å². The number of esters is 1. The molecule has 120 valence electrons. The number of carbonyl (C=O) groups is 2. The highest BCUT2D eigenvalue weighted by molar-refractivity contribution is 7.10. The van der Waals surface area contributed by atoms with Gasteiger partial charge in [0.05, 0.1) is 12.8 Å². The fraction of sp³-hybridized carbons (Fsp3) is 0.125. The Labute approximate surface area is 142 Å². The van der Waals surface area contributed by atoms with Crippen LogP contribution in [0.15, 0.2) is 41.8 Å². The Morgan fingerprint density at radius 3 is 2.87 bits per heavy atom. The molecule has 23 heavy (non-hydrogen) atoms. The summed E-state index contributed by atoms with van der Waals surface area (Å²) in [4.78, 5) is 24.3. The molecule has 0 aliphatic heterocycles. The zero-order valence-corrected chi connectivity index (χ0v) is 13.8. The quantitative estimate of drug-likeness (QED) is 0.638. The molecule has 5 nitrogen and oxygen atoms in total. The third-order valence-electron chi connectivity index (χ3n) is 2.71. The van der Waals surface area contributed by atoms with E-state index < -0.39 is 18.5 Å². The lowest BCUT2D eigenvalue weighted by molar-refractivity contribution is -0.142. The average molecular weight is 352 g/mol. The molecule has 0 bridgehead atoms. The molecule has 7 heteroatoms. The van der Waals surface area contributed by atoms with Gasteiger partial charge >= 0.3 is 5.97 Å². The number of thiophene rings is 1. The van der Waals surface area contributed by atoms with E-state index >= 15 is 0 Å². The van der Waals surface area contributed by atoms with E-state index in [0.29, 0.717) is 16.5 Å². The van der Waals surface area contributed by atoms with Crippen molar-refractivity contribution in [2.45, 2.75) is 0 Å². The van der Waals surface area contributed by atoms with Crippen LogP contribution in [0.4, 0.5) is 5.69 Å². The van der Waals surface area contributed by atoms with Gasteiger partial charge in [-0.15, -0.1) is 11.3 Å². The van der Waals surface area contributed by atoms with Crippen molar-refractivity contribution in [1.82, 2.24) is 0 Å². The van der Waals surface area contributed by atoms with Gasteiger partial charge in [0.1, 0.15) is 5.75 Å². The maximum absolute atomic E-state index is 11.8. The molecule has 0 spiro atoms. The molecule has 0 unspecified atom stereocenters. The van der Waals surface area contributed by atoms with E-state index in [9.17, 15) is 9.59 Å². The van der Waals surface area contributed by atoms with Crippen LogP contribution in [0.2, 0.25) is 5.02 Å². The van der Waals surface area contributed by atoms with Crippen molar-refractivity contribution in [3.8, 4) is 5.75 Å². The Morgan fingerprint density at radius 1 is 1.35 bits per heavy atom. The number of amides is 1. The highest BCUT2D eigenvalue weighted by atomic mass is 35.5. The number of ether oxygens (including phenoxy) is 2. The van der Waals surface area contributed by atoms with Crippen LogP contribution in [-0.4, -0.2) is 25.6 Å². The van der Waals surface area contributed by atoms with E-state index in [-0.39, 0.29) is 0 Å².